The molecule has 1 fully saturated rings. The van der Waals surface area contributed by atoms with Crippen LogP contribution in [0.25, 0.3) is 0 Å². The summed E-state index contributed by atoms with van der Waals surface area (Å²) in [6.07, 6.45) is 1.90. The molecule has 0 aromatic heterocycles. The molecular weight excluding hydrogens is 226 g/mol. The monoisotopic (exact) mass is 237 g/mol. The van der Waals surface area contributed by atoms with E-state index in [4.69, 9.17) is 5.41 Å². The minimum absolute atomic E-state index is 0.143. The molecule has 84 valence electrons. The predicted octanol–water partition coefficient (Wildman–Crippen LogP) is 1.19. The molecule has 0 bridgehead atoms. The summed E-state index contributed by atoms with van der Waals surface area (Å²) >= 11 is 0. The third kappa shape index (κ3) is 1.90. The number of benzene rings is 1. The van der Waals surface area contributed by atoms with E-state index >= 15 is 0 Å². The van der Waals surface area contributed by atoms with E-state index in [2.05, 4.69) is 0 Å². The molecule has 0 saturated heterocycles. The van der Waals surface area contributed by atoms with E-state index in [9.17, 15) is 13.2 Å². The molecule has 4 nitrogen and oxygen atoms in total. The Bertz CT molecular complexity index is 527. The van der Waals surface area contributed by atoms with Crippen LogP contribution >= 0.6 is 0 Å². The number of hydrogen-bond acceptors (Lipinski definition) is 4. The van der Waals surface area contributed by atoms with Crippen LogP contribution in [0.4, 0.5) is 0 Å². The highest BCUT2D eigenvalue weighted by atomic mass is 32.2. The smallest absolute Gasteiger partial charge is 0.181 e. The first kappa shape index (κ1) is 11.0. The molecule has 0 unspecified atom stereocenters. The maximum absolute atomic E-state index is 11.8. The van der Waals surface area contributed by atoms with Crippen molar-refractivity contribution in [3.63, 3.8) is 0 Å². The summed E-state index contributed by atoms with van der Waals surface area (Å²) in [5.41, 5.74) is 0.292. The van der Waals surface area contributed by atoms with Gasteiger partial charge in [0, 0.05) is 5.56 Å². The highest BCUT2D eigenvalue weighted by Gasteiger charge is 2.36. The second-order valence-electron chi connectivity index (χ2n) is 3.80. The lowest BCUT2D eigenvalue weighted by atomic mass is 10.1. The van der Waals surface area contributed by atoms with Crippen LogP contribution in [-0.4, -0.2) is 25.7 Å². The van der Waals surface area contributed by atoms with E-state index in [1.54, 1.807) is 0 Å². The second-order valence-corrected chi connectivity index (χ2v) is 6.03. The average Bonchev–Trinajstić information content (AvgIpc) is 3.12. The van der Waals surface area contributed by atoms with Gasteiger partial charge >= 0.3 is 0 Å². The SMILES string of the molecule is N=C(C=O)c1ccc(S(=O)(=O)C2CC2)cc1. The fraction of sp³-hybridized carbons (Fsp3) is 0.273. The summed E-state index contributed by atoms with van der Waals surface area (Å²) in [6, 6.07) is 5.90. The molecule has 2 rings (SSSR count). The Balaban J connectivity index is 2.32. The van der Waals surface area contributed by atoms with Crippen molar-refractivity contribution in [1.82, 2.24) is 0 Å². The molecular formula is C11H11NO3S. The maximum atomic E-state index is 11.8. The number of nitrogens with one attached hydrogen (secondary N) is 1. The molecule has 0 amide bonds. The molecule has 0 atom stereocenters. The molecule has 0 spiro atoms. The lowest BCUT2D eigenvalue weighted by Crippen LogP contribution is -2.07. The summed E-state index contributed by atoms with van der Waals surface area (Å²) in [7, 11) is -3.17. The Kier molecular flexibility index (Phi) is 2.63. The molecule has 1 aromatic rings. The van der Waals surface area contributed by atoms with Crippen LogP contribution < -0.4 is 0 Å². The Morgan fingerprint density at radius 2 is 1.81 bits per heavy atom. The second kappa shape index (κ2) is 3.83. The number of sulfone groups is 1. The van der Waals surface area contributed by atoms with Crippen LogP contribution in [0.3, 0.4) is 0 Å². The highest BCUT2D eigenvalue weighted by molar-refractivity contribution is 7.92. The molecule has 1 aliphatic carbocycles. The largest absolute Gasteiger partial charge is 0.297 e. The van der Waals surface area contributed by atoms with Crippen LogP contribution in [0.1, 0.15) is 18.4 Å². The van der Waals surface area contributed by atoms with Crippen molar-refractivity contribution in [1.29, 1.82) is 5.41 Å². The zero-order valence-corrected chi connectivity index (χ0v) is 9.33. The van der Waals surface area contributed by atoms with Gasteiger partial charge in [0.25, 0.3) is 0 Å². The molecule has 5 heteroatoms. The van der Waals surface area contributed by atoms with Gasteiger partial charge in [-0.05, 0) is 25.0 Å². The van der Waals surface area contributed by atoms with Gasteiger partial charge in [0.2, 0.25) is 0 Å². The Labute approximate surface area is 93.7 Å². The average molecular weight is 237 g/mol. The van der Waals surface area contributed by atoms with Gasteiger partial charge in [0.05, 0.1) is 10.1 Å². The number of hydrogen-bond donors (Lipinski definition) is 1. The highest BCUT2D eigenvalue weighted by Crippen LogP contribution is 2.33. The molecule has 1 saturated carbocycles. The van der Waals surface area contributed by atoms with Crippen LogP contribution in [-0.2, 0) is 14.6 Å². The van der Waals surface area contributed by atoms with Crippen LogP contribution in [0.2, 0.25) is 0 Å². The number of rotatable bonds is 4. The standard InChI is InChI=1S/C11H11NO3S/c12-11(7-13)8-1-3-9(4-2-8)16(14,15)10-5-6-10/h1-4,7,10,12H,5-6H2. The normalized spacial score (nSPS) is 15.8. The van der Waals surface area contributed by atoms with Gasteiger partial charge in [0.1, 0.15) is 5.71 Å². The molecule has 1 aromatic carbocycles. The summed E-state index contributed by atoms with van der Waals surface area (Å²) in [6.45, 7) is 0. The lowest BCUT2D eigenvalue weighted by Gasteiger charge is -2.03. The van der Waals surface area contributed by atoms with Gasteiger partial charge in [-0.25, -0.2) is 8.42 Å². The number of carbonyl (C=O) groups excluding carboxylic acids is 1. The van der Waals surface area contributed by atoms with Gasteiger partial charge in [-0.15, -0.1) is 0 Å². The van der Waals surface area contributed by atoms with Crippen molar-refractivity contribution in [3.8, 4) is 0 Å². The molecule has 1 N–H and O–H groups in total. The molecule has 1 aliphatic rings. The fourth-order valence-electron chi connectivity index (χ4n) is 1.46. The molecule has 16 heavy (non-hydrogen) atoms. The topological polar surface area (TPSA) is 75.1 Å². The Hall–Kier alpha value is -1.49. The van der Waals surface area contributed by atoms with Crippen molar-refractivity contribution in [2.24, 2.45) is 0 Å². The van der Waals surface area contributed by atoms with Crippen molar-refractivity contribution in [3.05, 3.63) is 29.8 Å². The van der Waals surface area contributed by atoms with E-state index in [1.807, 2.05) is 0 Å². The van der Waals surface area contributed by atoms with E-state index < -0.39 is 9.84 Å². The van der Waals surface area contributed by atoms with Crippen molar-refractivity contribution < 1.29 is 13.2 Å². The third-order valence-electron chi connectivity index (χ3n) is 2.57. The zero-order valence-electron chi connectivity index (χ0n) is 8.51. The van der Waals surface area contributed by atoms with Crippen LogP contribution in [0.5, 0.6) is 0 Å². The Morgan fingerprint density at radius 1 is 1.25 bits per heavy atom. The van der Waals surface area contributed by atoms with Crippen molar-refractivity contribution in [2.75, 3.05) is 0 Å². The lowest BCUT2D eigenvalue weighted by molar-refractivity contribution is -0.102. The van der Waals surface area contributed by atoms with Gasteiger partial charge < -0.3 is 0 Å². The minimum atomic E-state index is -3.17. The van der Waals surface area contributed by atoms with Crippen molar-refractivity contribution >= 4 is 21.8 Å². The van der Waals surface area contributed by atoms with Gasteiger partial charge in [-0.1, -0.05) is 12.1 Å². The number of carbonyl (C=O) groups is 1. The first-order valence-corrected chi connectivity index (χ1v) is 6.48. The van der Waals surface area contributed by atoms with Gasteiger partial charge in [-0.3, -0.25) is 10.2 Å². The summed E-state index contributed by atoms with van der Waals surface area (Å²) in [5, 5.41) is 7.05. The first-order chi connectivity index (χ1) is 7.55. The van der Waals surface area contributed by atoms with E-state index in [0.29, 0.717) is 11.8 Å². The number of aldehydes is 1. The fourth-order valence-corrected chi connectivity index (χ4v) is 3.12. The van der Waals surface area contributed by atoms with Crippen molar-refractivity contribution in [2.45, 2.75) is 23.0 Å². The van der Waals surface area contributed by atoms with Crippen LogP contribution in [0.15, 0.2) is 29.2 Å². The quantitative estimate of drug-likeness (QED) is 0.631. The summed E-state index contributed by atoms with van der Waals surface area (Å²) < 4.78 is 23.6. The zero-order chi connectivity index (χ0) is 11.8. The first-order valence-electron chi connectivity index (χ1n) is 4.94. The van der Waals surface area contributed by atoms with Crippen LogP contribution in [0, 0.1) is 5.41 Å². The van der Waals surface area contributed by atoms with Gasteiger partial charge in [0.15, 0.2) is 16.1 Å². The molecule has 0 radical (unpaired) electrons. The van der Waals surface area contributed by atoms with E-state index in [1.165, 1.54) is 24.3 Å². The molecule has 0 heterocycles. The maximum Gasteiger partial charge on any atom is 0.181 e. The Morgan fingerprint density at radius 3 is 2.25 bits per heavy atom. The van der Waals surface area contributed by atoms with E-state index in [0.717, 1.165) is 12.8 Å². The predicted molar refractivity (Wildman–Crippen MR) is 59.5 cm³/mol. The summed E-state index contributed by atoms with van der Waals surface area (Å²) in [4.78, 5) is 10.6. The summed E-state index contributed by atoms with van der Waals surface area (Å²) in [5.74, 6) is 0. The van der Waals surface area contributed by atoms with Gasteiger partial charge in [-0.2, -0.15) is 0 Å². The molecule has 0 aliphatic heterocycles. The third-order valence-corrected chi connectivity index (χ3v) is 4.85. The minimum Gasteiger partial charge on any atom is -0.297 e. The van der Waals surface area contributed by atoms with E-state index in [-0.39, 0.29) is 15.9 Å².